The molecule has 5 nitrogen and oxygen atoms in total. The minimum atomic E-state index is -0.426. The van der Waals surface area contributed by atoms with Gasteiger partial charge in [0.25, 0.3) is 5.69 Å². The molecule has 1 unspecified atom stereocenters. The lowest BCUT2D eigenvalue weighted by Gasteiger charge is -2.19. The average Bonchev–Trinajstić information content (AvgIpc) is 2.46. The van der Waals surface area contributed by atoms with Gasteiger partial charge in [-0.1, -0.05) is 25.1 Å². The van der Waals surface area contributed by atoms with Gasteiger partial charge in [-0.15, -0.1) is 0 Å². The highest BCUT2D eigenvalue weighted by molar-refractivity contribution is 5.51. The zero-order valence-electron chi connectivity index (χ0n) is 11.1. The summed E-state index contributed by atoms with van der Waals surface area (Å²) < 4.78 is 0. The Labute approximate surface area is 117 Å². The molecule has 0 heterocycles. The Morgan fingerprint density at radius 1 is 1.20 bits per heavy atom. The van der Waals surface area contributed by atoms with Crippen LogP contribution in [-0.2, 0) is 0 Å². The lowest BCUT2D eigenvalue weighted by Crippen LogP contribution is -2.09. The first kappa shape index (κ1) is 13.9. The van der Waals surface area contributed by atoms with Gasteiger partial charge in [-0.25, -0.2) is 0 Å². The summed E-state index contributed by atoms with van der Waals surface area (Å²) >= 11 is 0. The van der Waals surface area contributed by atoms with Gasteiger partial charge in [-0.05, 0) is 24.6 Å². The number of phenolic OH excluding ortho intramolecular Hbond substituents is 1. The number of nitro groups is 1. The molecule has 0 fully saturated rings. The van der Waals surface area contributed by atoms with Crippen LogP contribution in [0.1, 0.15) is 24.9 Å². The predicted octanol–water partition coefficient (Wildman–Crippen LogP) is 3.86. The summed E-state index contributed by atoms with van der Waals surface area (Å²) in [5, 5.41) is 23.8. The molecule has 2 rings (SSSR count). The summed E-state index contributed by atoms with van der Waals surface area (Å²) in [5.41, 5.74) is 1.66. The van der Waals surface area contributed by atoms with E-state index < -0.39 is 4.92 Å². The number of phenols is 1. The number of benzene rings is 2. The standard InChI is InChI=1S/C15H16N2O3/c1-2-14(13-5-3-4-6-15(13)18)16-11-7-9-12(10-8-11)17(19)20/h3-10,14,16,18H,2H2,1H3. The number of hydrogen-bond acceptors (Lipinski definition) is 4. The van der Waals surface area contributed by atoms with Crippen LogP contribution >= 0.6 is 0 Å². The van der Waals surface area contributed by atoms with Crippen molar-refractivity contribution in [2.24, 2.45) is 0 Å². The number of nitro benzene ring substituents is 1. The fraction of sp³-hybridized carbons (Fsp3) is 0.200. The zero-order chi connectivity index (χ0) is 14.5. The Morgan fingerprint density at radius 3 is 2.40 bits per heavy atom. The van der Waals surface area contributed by atoms with E-state index in [4.69, 9.17) is 0 Å². The van der Waals surface area contributed by atoms with Crippen molar-refractivity contribution in [3.05, 3.63) is 64.2 Å². The summed E-state index contributed by atoms with van der Waals surface area (Å²) in [6.07, 6.45) is 0.786. The second-order valence-corrected chi connectivity index (χ2v) is 4.47. The van der Waals surface area contributed by atoms with Crippen molar-refractivity contribution >= 4 is 11.4 Å². The van der Waals surface area contributed by atoms with Crippen molar-refractivity contribution in [3.8, 4) is 5.75 Å². The molecule has 2 aromatic rings. The van der Waals surface area contributed by atoms with Crippen LogP contribution < -0.4 is 5.32 Å². The molecule has 0 aliphatic rings. The number of para-hydroxylation sites is 1. The van der Waals surface area contributed by atoms with Crippen LogP contribution in [0.15, 0.2) is 48.5 Å². The molecule has 2 aromatic carbocycles. The van der Waals surface area contributed by atoms with Gasteiger partial charge in [-0.3, -0.25) is 10.1 Å². The second kappa shape index (κ2) is 6.06. The van der Waals surface area contributed by atoms with Gasteiger partial charge < -0.3 is 10.4 Å². The zero-order valence-corrected chi connectivity index (χ0v) is 11.1. The molecule has 0 saturated heterocycles. The molecular weight excluding hydrogens is 256 g/mol. The van der Waals surface area contributed by atoms with Gasteiger partial charge in [0, 0.05) is 23.4 Å². The van der Waals surface area contributed by atoms with Crippen molar-refractivity contribution in [1.29, 1.82) is 0 Å². The number of rotatable bonds is 5. The Morgan fingerprint density at radius 2 is 1.85 bits per heavy atom. The molecule has 1 atom stereocenters. The monoisotopic (exact) mass is 272 g/mol. The van der Waals surface area contributed by atoms with Crippen molar-refractivity contribution < 1.29 is 10.0 Å². The normalized spacial score (nSPS) is 11.8. The molecule has 2 N–H and O–H groups in total. The van der Waals surface area contributed by atoms with E-state index in [9.17, 15) is 15.2 Å². The molecule has 0 aliphatic heterocycles. The number of non-ortho nitro benzene ring substituents is 1. The highest BCUT2D eigenvalue weighted by atomic mass is 16.6. The SMILES string of the molecule is CCC(Nc1ccc([N+](=O)[O-])cc1)c1ccccc1O. The van der Waals surface area contributed by atoms with Gasteiger partial charge in [0.05, 0.1) is 11.0 Å². The van der Waals surface area contributed by atoms with Gasteiger partial charge in [-0.2, -0.15) is 0 Å². The van der Waals surface area contributed by atoms with E-state index in [1.165, 1.54) is 12.1 Å². The minimum absolute atomic E-state index is 0.0438. The molecule has 0 bridgehead atoms. The number of nitrogens with zero attached hydrogens (tertiary/aromatic N) is 1. The van der Waals surface area contributed by atoms with Crippen LogP contribution in [0.2, 0.25) is 0 Å². The van der Waals surface area contributed by atoms with E-state index in [-0.39, 0.29) is 17.5 Å². The van der Waals surface area contributed by atoms with E-state index in [0.29, 0.717) is 0 Å². The van der Waals surface area contributed by atoms with Gasteiger partial charge in [0.15, 0.2) is 0 Å². The highest BCUT2D eigenvalue weighted by Gasteiger charge is 2.13. The molecule has 0 aromatic heterocycles. The van der Waals surface area contributed by atoms with Gasteiger partial charge in [0.1, 0.15) is 5.75 Å². The Bertz CT molecular complexity index is 596. The number of nitrogens with one attached hydrogen (secondary N) is 1. The van der Waals surface area contributed by atoms with Crippen molar-refractivity contribution in [3.63, 3.8) is 0 Å². The van der Waals surface area contributed by atoms with Crippen molar-refractivity contribution in [1.82, 2.24) is 0 Å². The molecular formula is C15H16N2O3. The summed E-state index contributed by atoms with van der Waals surface area (Å²) in [6.45, 7) is 2.01. The van der Waals surface area contributed by atoms with E-state index in [0.717, 1.165) is 17.7 Å². The Balaban J connectivity index is 2.18. The molecule has 0 amide bonds. The Kier molecular flexibility index (Phi) is 4.20. The minimum Gasteiger partial charge on any atom is -0.508 e. The molecule has 20 heavy (non-hydrogen) atoms. The average molecular weight is 272 g/mol. The number of aromatic hydroxyl groups is 1. The first-order valence-electron chi connectivity index (χ1n) is 6.40. The number of anilines is 1. The molecule has 0 spiro atoms. The van der Waals surface area contributed by atoms with E-state index in [1.807, 2.05) is 19.1 Å². The van der Waals surface area contributed by atoms with Crippen molar-refractivity contribution in [2.75, 3.05) is 5.32 Å². The quantitative estimate of drug-likeness (QED) is 0.640. The summed E-state index contributed by atoms with van der Waals surface area (Å²) in [6, 6.07) is 13.4. The smallest absolute Gasteiger partial charge is 0.269 e. The van der Waals surface area contributed by atoms with E-state index >= 15 is 0 Å². The fourth-order valence-corrected chi connectivity index (χ4v) is 2.06. The largest absolute Gasteiger partial charge is 0.508 e. The van der Waals surface area contributed by atoms with Gasteiger partial charge >= 0.3 is 0 Å². The van der Waals surface area contributed by atoms with E-state index in [1.54, 1.807) is 24.3 Å². The second-order valence-electron chi connectivity index (χ2n) is 4.47. The van der Waals surface area contributed by atoms with Crippen molar-refractivity contribution in [2.45, 2.75) is 19.4 Å². The lowest BCUT2D eigenvalue weighted by molar-refractivity contribution is -0.384. The topological polar surface area (TPSA) is 75.4 Å². The van der Waals surface area contributed by atoms with Crippen LogP contribution in [-0.4, -0.2) is 10.0 Å². The van der Waals surface area contributed by atoms with Crippen LogP contribution in [0, 0.1) is 10.1 Å². The van der Waals surface area contributed by atoms with Crippen LogP contribution in [0.25, 0.3) is 0 Å². The van der Waals surface area contributed by atoms with Crippen LogP contribution in [0.3, 0.4) is 0 Å². The summed E-state index contributed by atoms with van der Waals surface area (Å²) in [7, 11) is 0. The van der Waals surface area contributed by atoms with E-state index in [2.05, 4.69) is 5.32 Å². The predicted molar refractivity (Wildman–Crippen MR) is 77.9 cm³/mol. The van der Waals surface area contributed by atoms with Crippen LogP contribution in [0.5, 0.6) is 5.75 Å². The molecule has 104 valence electrons. The number of hydrogen-bond donors (Lipinski definition) is 2. The highest BCUT2D eigenvalue weighted by Crippen LogP contribution is 2.29. The maximum absolute atomic E-state index is 10.6. The third kappa shape index (κ3) is 3.06. The lowest BCUT2D eigenvalue weighted by atomic mass is 10.0. The third-order valence-electron chi connectivity index (χ3n) is 3.14. The Hall–Kier alpha value is -2.56. The molecule has 0 aliphatic carbocycles. The first-order chi connectivity index (χ1) is 9.61. The summed E-state index contributed by atoms with van der Waals surface area (Å²) in [5.74, 6) is 0.244. The first-order valence-corrected chi connectivity index (χ1v) is 6.40. The maximum Gasteiger partial charge on any atom is 0.269 e. The molecule has 0 saturated carbocycles. The van der Waals surface area contributed by atoms with Gasteiger partial charge in [0.2, 0.25) is 0 Å². The fourth-order valence-electron chi connectivity index (χ4n) is 2.06. The molecule has 0 radical (unpaired) electrons. The third-order valence-corrected chi connectivity index (χ3v) is 3.14. The summed E-state index contributed by atoms with van der Waals surface area (Å²) in [4.78, 5) is 10.2. The maximum atomic E-state index is 10.6. The van der Waals surface area contributed by atoms with Crippen LogP contribution in [0.4, 0.5) is 11.4 Å². The molecule has 5 heteroatoms.